The number of rotatable bonds is 4. The summed E-state index contributed by atoms with van der Waals surface area (Å²) in [6.07, 6.45) is 1.03. The van der Waals surface area contributed by atoms with E-state index in [-0.39, 0.29) is 5.70 Å². The van der Waals surface area contributed by atoms with E-state index in [9.17, 15) is 9.59 Å². The minimum absolute atomic E-state index is 0.00347. The summed E-state index contributed by atoms with van der Waals surface area (Å²) in [5.74, 6) is -1.30. The molecule has 0 bridgehead atoms. The number of methoxy groups -OCH3 is 2. The molecule has 0 aliphatic carbocycles. The summed E-state index contributed by atoms with van der Waals surface area (Å²) in [6.45, 7) is 4.00. The highest BCUT2D eigenvalue weighted by molar-refractivity contribution is 9.10. The van der Waals surface area contributed by atoms with E-state index in [0.29, 0.717) is 5.69 Å². The van der Waals surface area contributed by atoms with Crippen LogP contribution in [0.15, 0.2) is 40.5 Å². The van der Waals surface area contributed by atoms with Gasteiger partial charge in [0.05, 0.1) is 26.0 Å². The first-order valence-electron chi connectivity index (χ1n) is 5.98. The molecule has 1 N–H and O–H groups in total. The average molecular weight is 344 g/mol. The molecule has 0 fully saturated rings. The van der Waals surface area contributed by atoms with Crippen molar-refractivity contribution < 1.29 is 19.1 Å². The van der Waals surface area contributed by atoms with Gasteiger partial charge < -0.3 is 14.8 Å². The number of para-hydroxylation sites is 1. The molecule has 1 aromatic carbocycles. The van der Waals surface area contributed by atoms with Crippen LogP contribution in [0.4, 0.5) is 5.69 Å². The predicted molar refractivity (Wildman–Crippen MR) is 81.2 cm³/mol. The molecule has 0 aliphatic heterocycles. The van der Waals surface area contributed by atoms with E-state index in [1.165, 1.54) is 14.2 Å². The third-order valence-electron chi connectivity index (χ3n) is 2.01. The Kier molecular flexibility index (Phi) is 9.11. The lowest BCUT2D eigenvalue weighted by molar-refractivity contribution is -0.138. The minimum atomic E-state index is -0.656. The third-order valence-corrected chi connectivity index (χ3v) is 2.70. The largest absolute Gasteiger partial charge is 0.466 e. The van der Waals surface area contributed by atoms with Gasteiger partial charge >= 0.3 is 11.9 Å². The molecule has 0 aliphatic rings. The summed E-state index contributed by atoms with van der Waals surface area (Å²) >= 11 is 3.32. The van der Waals surface area contributed by atoms with Gasteiger partial charge in [0, 0.05) is 4.47 Å². The maximum atomic E-state index is 11.5. The van der Waals surface area contributed by atoms with Crippen molar-refractivity contribution in [1.82, 2.24) is 0 Å². The second-order valence-electron chi connectivity index (χ2n) is 3.18. The summed E-state index contributed by atoms with van der Waals surface area (Å²) in [4.78, 5) is 22.7. The second kappa shape index (κ2) is 10.0. The zero-order valence-electron chi connectivity index (χ0n) is 11.9. The number of esters is 2. The first-order chi connectivity index (χ1) is 9.58. The van der Waals surface area contributed by atoms with E-state index >= 15 is 0 Å². The van der Waals surface area contributed by atoms with Gasteiger partial charge in [-0.25, -0.2) is 9.59 Å². The lowest BCUT2D eigenvalue weighted by atomic mass is 10.3. The van der Waals surface area contributed by atoms with Crippen molar-refractivity contribution in [3.8, 4) is 0 Å². The van der Waals surface area contributed by atoms with Crippen molar-refractivity contribution in [2.24, 2.45) is 0 Å². The number of benzene rings is 1. The van der Waals surface area contributed by atoms with Crippen LogP contribution in [0.25, 0.3) is 0 Å². The molecule has 5 nitrogen and oxygen atoms in total. The molecule has 0 unspecified atom stereocenters. The fourth-order valence-electron chi connectivity index (χ4n) is 1.14. The summed E-state index contributed by atoms with van der Waals surface area (Å²) in [5, 5.41) is 2.80. The topological polar surface area (TPSA) is 64.6 Å². The zero-order chi connectivity index (χ0) is 15.5. The zero-order valence-corrected chi connectivity index (χ0v) is 13.5. The van der Waals surface area contributed by atoms with Gasteiger partial charge in [-0.15, -0.1) is 0 Å². The summed E-state index contributed by atoms with van der Waals surface area (Å²) in [5.41, 5.74) is 0.634. The third kappa shape index (κ3) is 5.88. The summed E-state index contributed by atoms with van der Waals surface area (Å²) in [7, 11) is 2.46. The van der Waals surface area contributed by atoms with Crippen LogP contribution >= 0.6 is 15.9 Å². The highest BCUT2D eigenvalue weighted by atomic mass is 79.9. The van der Waals surface area contributed by atoms with Crippen LogP contribution in [-0.4, -0.2) is 26.2 Å². The van der Waals surface area contributed by atoms with E-state index in [4.69, 9.17) is 0 Å². The average Bonchev–Trinajstić information content (AvgIpc) is 2.49. The van der Waals surface area contributed by atoms with E-state index < -0.39 is 11.9 Å². The fraction of sp³-hybridized carbons (Fsp3) is 0.286. The number of anilines is 1. The fourth-order valence-corrected chi connectivity index (χ4v) is 1.52. The van der Waals surface area contributed by atoms with Crippen molar-refractivity contribution in [1.29, 1.82) is 0 Å². The van der Waals surface area contributed by atoms with Gasteiger partial charge in [-0.2, -0.15) is 0 Å². The molecule has 0 heterocycles. The smallest absolute Gasteiger partial charge is 0.354 e. The monoisotopic (exact) mass is 343 g/mol. The number of hydrogen-bond acceptors (Lipinski definition) is 5. The molecule has 0 amide bonds. The number of nitrogens with one attached hydrogen (secondary N) is 1. The van der Waals surface area contributed by atoms with Crippen molar-refractivity contribution >= 4 is 33.6 Å². The van der Waals surface area contributed by atoms with Gasteiger partial charge in [-0.1, -0.05) is 26.0 Å². The first kappa shape index (κ1) is 18.2. The van der Waals surface area contributed by atoms with Gasteiger partial charge in [0.25, 0.3) is 0 Å². The lowest BCUT2D eigenvalue weighted by Gasteiger charge is -2.10. The molecular weight excluding hydrogens is 326 g/mol. The van der Waals surface area contributed by atoms with Crippen molar-refractivity contribution in [2.75, 3.05) is 19.5 Å². The Bertz CT molecular complexity index is 486. The SMILES string of the molecule is CC.COC(=O)/C=C(/Nc1ccccc1Br)C(=O)OC. The normalized spacial score (nSPS) is 9.95. The van der Waals surface area contributed by atoms with Crippen LogP contribution in [0.2, 0.25) is 0 Å². The van der Waals surface area contributed by atoms with Gasteiger partial charge in [-0.05, 0) is 28.1 Å². The molecular formula is C14H18BrNO4. The maximum Gasteiger partial charge on any atom is 0.354 e. The van der Waals surface area contributed by atoms with E-state index in [0.717, 1.165) is 10.5 Å². The molecule has 0 radical (unpaired) electrons. The molecule has 110 valence electrons. The standard InChI is InChI=1S/C12H12BrNO4.C2H6/c1-17-11(15)7-10(12(16)18-2)14-9-6-4-3-5-8(9)13;1-2/h3-7,14H,1-2H3;1-2H3/b10-7+;. The Morgan fingerprint density at radius 2 is 1.75 bits per heavy atom. The maximum absolute atomic E-state index is 11.5. The van der Waals surface area contributed by atoms with Gasteiger partial charge in [0.1, 0.15) is 5.70 Å². The Labute approximate surface area is 127 Å². The Hall–Kier alpha value is -1.82. The van der Waals surface area contributed by atoms with Gasteiger partial charge in [-0.3, -0.25) is 0 Å². The highest BCUT2D eigenvalue weighted by Crippen LogP contribution is 2.22. The van der Waals surface area contributed by atoms with E-state index in [1.54, 1.807) is 18.2 Å². The second-order valence-corrected chi connectivity index (χ2v) is 4.03. The predicted octanol–water partition coefficient (Wildman–Crippen LogP) is 3.12. The van der Waals surface area contributed by atoms with Crippen LogP contribution in [0.3, 0.4) is 0 Å². The Balaban J connectivity index is 0.00000172. The number of carbonyl (C=O) groups is 2. The molecule has 1 rings (SSSR count). The van der Waals surface area contributed by atoms with Crippen molar-refractivity contribution in [3.05, 3.63) is 40.5 Å². The van der Waals surface area contributed by atoms with E-state index in [1.807, 2.05) is 19.9 Å². The number of carbonyl (C=O) groups excluding carboxylic acids is 2. The first-order valence-corrected chi connectivity index (χ1v) is 6.77. The van der Waals surface area contributed by atoms with Crippen molar-refractivity contribution in [3.63, 3.8) is 0 Å². The molecule has 0 spiro atoms. The van der Waals surface area contributed by atoms with Crippen LogP contribution in [0.5, 0.6) is 0 Å². The number of hydrogen-bond donors (Lipinski definition) is 1. The van der Waals surface area contributed by atoms with Gasteiger partial charge in [0.2, 0.25) is 0 Å². The molecule has 0 aromatic heterocycles. The molecule has 20 heavy (non-hydrogen) atoms. The van der Waals surface area contributed by atoms with Gasteiger partial charge in [0.15, 0.2) is 0 Å². The quantitative estimate of drug-likeness (QED) is 0.672. The summed E-state index contributed by atoms with van der Waals surface area (Å²) < 4.78 is 9.80. The lowest BCUT2D eigenvalue weighted by Crippen LogP contribution is -2.15. The molecule has 6 heteroatoms. The Morgan fingerprint density at radius 3 is 2.25 bits per heavy atom. The molecule has 0 saturated heterocycles. The van der Waals surface area contributed by atoms with Crippen molar-refractivity contribution in [2.45, 2.75) is 13.8 Å². The Morgan fingerprint density at radius 1 is 1.15 bits per heavy atom. The highest BCUT2D eigenvalue weighted by Gasteiger charge is 2.13. The van der Waals surface area contributed by atoms with Crippen LogP contribution < -0.4 is 5.32 Å². The molecule has 1 aromatic rings. The van der Waals surface area contributed by atoms with Crippen LogP contribution in [0.1, 0.15) is 13.8 Å². The van der Waals surface area contributed by atoms with E-state index in [2.05, 4.69) is 30.7 Å². The summed E-state index contributed by atoms with van der Waals surface area (Å²) in [6, 6.07) is 7.17. The number of halogens is 1. The van der Waals surface area contributed by atoms with Crippen LogP contribution in [0, 0.1) is 0 Å². The number of ether oxygens (including phenoxy) is 2. The van der Waals surface area contributed by atoms with Crippen LogP contribution in [-0.2, 0) is 19.1 Å². The molecule has 0 atom stereocenters. The molecule has 0 saturated carbocycles. The minimum Gasteiger partial charge on any atom is -0.466 e.